The lowest BCUT2D eigenvalue weighted by Crippen LogP contribution is -2.30. The summed E-state index contributed by atoms with van der Waals surface area (Å²) in [7, 11) is 0. The van der Waals surface area contributed by atoms with Crippen molar-refractivity contribution in [1.82, 2.24) is 19.6 Å². The SMILES string of the molecule is Cc1cc(N2CC=C(c3ccc(F)cc3)CC2)n2ncnc2n1. The van der Waals surface area contributed by atoms with Gasteiger partial charge in [-0.1, -0.05) is 18.2 Å². The molecule has 23 heavy (non-hydrogen) atoms. The Balaban J connectivity index is 1.63. The van der Waals surface area contributed by atoms with E-state index in [1.165, 1.54) is 24.0 Å². The second kappa shape index (κ2) is 5.46. The number of rotatable bonds is 2. The minimum atomic E-state index is -0.201. The van der Waals surface area contributed by atoms with Crippen LogP contribution in [0.1, 0.15) is 17.7 Å². The molecule has 1 aromatic carbocycles. The molecule has 4 rings (SSSR count). The first-order valence-electron chi connectivity index (χ1n) is 7.58. The summed E-state index contributed by atoms with van der Waals surface area (Å²) in [5.41, 5.74) is 3.26. The van der Waals surface area contributed by atoms with Crippen LogP contribution in [0.5, 0.6) is 0 Å². The van der Waals surface area contributed by atoms with E-state index in [-0.39, 0.29) is 5.82 Å². The number of hydrogen-bond donors (Lipinski definition) is 0. The van der Waals surface area contributed by atoms with Gasteiger partial charge in [0.2, 0.25) is 0 Å². The number of fused-ring (bicyclic) bond motifs is 1. The molecule has 0 N–H and O–H groups in total. The number of anilines is 1. The predicted octanol–water partition coefficient (Wildman–Crippen LogP) is 2.87. The second-order valence-electron chi connectivity index (χ2n) is 5.66. The van der Waals surface area contributed by atoms with E-state index < -0.39 is 0 Å². The molecule has 0 spiro atoms. The molecule has 0 atom stereocenters. The van der Waals surface area contributed by atoms with Gasteiger partial charge in [-0.25, -0.2) is 9.37 Å². The van der Waals surface area contributed by atoms with Gasteiger partial charge in [0.25, 0.3) is 5.78 Å². The molecule has 116 valence electrons. The van der Waals surface area contributed by atoms with Gasteiger partial charge in [-0.2, -0.15) is 14.6 Å². The quantitative estimate of drug-likeness (QED) is 0.730. The molecule has 6 heteroatoms. The van der Waals surface area contributed by atoms with Crippen LogP contribution >= 0.6 is 0 Å². The largest absolute Gasteiger partial charge is 0.352 e. The highest BCUT2D eigenvalue weighted by molar-refractivity contribution is 5.68. The van der Waals surface area contributed by atoms with Gasteiger partial charge in [-0.3, -0.25) is 0 Å². The molecule has 0 radical (unpaired) electrons. The molecule has 1 aliphatic heterocycles. The maximum absolute atomic E-state index is 13.0. The summed E-state index contributed by atoms with van der Waals surface area (Å²) in [6, 6.07) is 8.71. The van der Waals surface area contributed by atoms with Crippen LogP contribution < -0.4 is 4.90 Å². The van der Waals surface area contributed by atoms with Gasteiger partial charge in [0.15, 0.2) is 0 Å². The monoisotopic (exact) mass is 309 g/mol. The van der Waals surface area contributed by atoms with Gasteiger partial charge in [0.1, 0.15) is 18.0 Å². The summed E-state index contributed by atoms with van der Waals surface area (Å²) in [5, 5.41) is 4.26. The van der Waals surface area contributed by atoms with Crippen molar-refractivity contribution in [3.8, 4) is 0 Å². The molecule has 3 aromatic rings. The van der Waals surface area contributed by atoms with Gasteiger partial charge in [-0.05, 0) is 36.6 Å². The van der Waals surface area contributed by atoms with E-state index in [1.54, 1.807) is 4.52 Å². The molecule has 0 saturated carbocycles. The summed E-state index contributed by atoms with van der Waals surface area (Å²) < 4.78 is 14.8. The molecular weight excluding hydrogens is 293 g/mol. The van der Waals surface area contributed by atoms with Crippen LogP contribution in [-0.2, 0) is 0 Å². The third kappa shape index (κ3) is 2.56. The fraction of sp³-hybridized carbons (Fsp3) is 0.235. The van der Waals surface area contributed by atoms with E-state index in [4.69, 9.17) is 0 Å². The van der Waals surface area contributed by atoms with Gasteiger partial charge in [-0.15, -0.1) is 0 Å². The van der Waals surface area contributed by atoms with Gasteiger partial charge < -0.3 is 4.90 Å². The van der Waals surface area contributed by atoms with Crippen LogP contribution in [0.2, 0.25) is 0 Å². The van der Waals surface area contributed by atoms with E-state index in [0.29, 0.717) is 5.78 Å². The first-order chi connectivity index (χ1) is 11.2. The number of nitrogens with zero attached hydrogens (tertiary/aromatic N) is 5. The molecule has 0 amide bonds. The maximum atomic E-state index is 13.0. The van der Waals surface area contributed by atoms with Crippen LogP contribution in [0.4, 0.5) is 10.2 Å². The maximum Gasteiger partial charge on any atom is 0.254 e. The Labute approximate surface area is 133 Å². The number of halogens is 1. The summed E-state index contributed by atoms with van der Waals surface area (Å²) in [6.45, 7) is 3.62. The lowest BCUT2D eigenvalue weighted by molar-refractivity contribution is 0.627. The van der Waals surface area contributed by atoms with Crippen LogP contribution in [0, 0.1) is 12.7 Å². The van der Waals surface area contributed by atoms with Gasteiger partial charge in [0, 0.05) is 24.8 Å². The fourth-order valence-corrected chi connectivity index (χ4v) is 2.94. The minimum Gasteiger partial charge on any atom is -0.352 e. The van der Waals surface area contributed by atoms with Gasteiger partial charge in [0.05, 0.1) is 0 Å². The fourth-order valence-electron chi connectivity index (χ4n) is 2.94. The lowest BCUT2D eigenvalue weighted by Gasteiger charge is -2.28. The van der Waals surface area contributed by atoms with Crippen LogP contribution in [0.3, 0.4) is 0 Å². The Morgan fingerprint density at radius 3 is 2.74 bits per heavy atom. The molecule has 0 aliphatic carbocycles. The second-order valence-corrected chi connectivity index (χ2v) is 5.66. The standard InChI is InChI=1S/C17H16FN5/c1-12-10-16(23-17(21-12)19-11-20-23)22-8-6-14(7-9-22)13-2-4-15(18)5-3-13/h2-6,10-11H,7-9H2,1H3. The number of aromatic nitrogens is 4. The average molecular weight is 309 g/mol. The molecule has 2 aromatic heterocycles. The van der Waals surface area contributed by atoms with Crippen molar-refractivity contribution in [3.63, 3.8) is 0 Å². The Morgan fingerprint density at radius 1 is 1.17 bits per heavy atom. The molecular formula is C17H16FN5. The van der Waals surface area contributed by atoms with Crippen molar-refractivity contribution in [2.75, 3.05) is 18.0 Å². The average Bonchev–Trinajstić information content (AvgIpc) is 3.03. The summed E-state index contributed by atoms with van der Waals surface area (Å²) in [5.74, 6) is 1.42. The zero-order valence-electron chi connectivity index (χ0n) is 12.8. The lowest BCUT2D eigenvalue weighted by atomic mass is 9.99. The van der Waals surface area contributed by atoms with Crippen LogP contribution in [0.25, 0.3) is 11.4 Å². The normalized spacial score (nSPS) is 15.0. The summed E-state index contributed by atoms with van der Waals surface area (Å²) in [6.07, 6.45) is 4.62. The van der Waals surface area contributed by atoms with Crippen molar-refractivity contribution < 1.29 is 4.39 Å². The Morgan fingerprint density at radius 2 is 2.00 bits per heavy atom. The van der Waals surface area contributed by atoms with Crippen molar-refractivity contribution in [2.24, 2.45) is 0 Å². The molecule has 0 saturated heterocycles. The molecule has 0 bridgehead atoms. The van der Waals surface area contributed by atoms with Crippen LogP contribution in [0.15, 0.2) is 42.7 Å². The van der Waals surface area contributed by atoms with E-state index in [1.807, 2.05) is 25.1 Å². The third-order valence-corrected chi connectivity index (χ3v) is 4.11. The third-order valence-electron chi connectivity index (χ3n) is 4.11. The number of aryl methyl sites for hydroxylation is 1. The molecule has 0 fully saturated rings. The zero-order valence-corrected chi connectivity index (χ0v) is 12.8. The Kier molecular flexibility index (Phi) is 3.29. The van der Waals surface area contributed by atoms with E-state index in [9.17, 15) is 4.39 Å². The number of hydrogen-bond acceptors (Lipinski definition) is 4. The summed E-state index contributed by atoms with van der Waals surface area (Å²) >= 11 is 0. The zero-order chi connectivity index (χ0) is 15.8. The van der Waals surface area contributed by atoms with E-state index in [2.05, 4.69) is 26.0 Å². The van der Waals surface area contributed by atoms with E-state index >= 15 is 0 Å². The highest BCUT2D eigenvalue weighted by Crippen LogP contribution is 2.26. The van der Waals surface area contributed by atoms with Crippen molar-refractivity contribution >= 4 is 17.2 Å². The van der Waals surface area contributed by atoms with E-state index in [0.717, 1.165) is 36.6 Å². The van der Waals surface area contributed by atoms with Crippen molar-refractivity contribution in [3.05, 3.63) is 59.8 Å². The van der Waals surface area contributed by atoms with Crippen molar-refractivity contribution in [2.45, 2.75) is 13.3 Å². The first kappa shape index (κ1) is 13.9. The minimum absolute atomic E-state index is 0.201. The van der Waals surface area contributed by atoms with Gasteiger partial charge >= 0.3 is 0 Å². The highest BCUT2D eigenvalue weighted by atomic mass is 19.1. The molecule has 3 heterocycles. The number of benzene rings is 1. The molecule has 5 nitrogen and oxygen atoms in total. The first-order valence-corrected chi connectivity index (χ1v) is 7.58. The smallest absolute Gasteiger partial charge is 0.254 e. The van der Waals surface area contributed by atoms with Crippen LogP contribution in [-0.4, -0.2) is 32.7 Å². The highest BCUT2D eigenvalue weighted by Gasteiger charge is 2.17. The summed E-state index contributed by atoms with van der Waals surface area (Å²) in [4.78, 5) is 10.8. The molecule has 1 aliphatic rings. The Hall–Kier alpha value is -2.76. The predicted molar refractivity (Wildman–Crippen MR) is 86.7 cm³/mol. The Bertz CT molecular complexity index is 882. The topological polar surface area (TPSA) is 46.3 Å². The molecule has 0 unspecified atom stereocenters. The van der Waals surface area contributed by atoms with Crippen molar-refractivity contribution in [1.29, 1.82) is 0 Å².